The lowest BCUT2D eigenvalue weighted by molar-refractivity contribution is -0.139. The van der Waals surface area contributed by atoms with Crippen molar-refractivity contribution >= 4 is 50.2 Å². The number of carboxylic acids is 1. The number of azide groups is 1. The minimum Gasteiger partial charge on any atom is -0.480 e. The quantitative estimate of drug-likeness (QED) is 0.0810. The maximum Gasteiger partial charge on any atom is 0.323 e. The molecule has 17 heteroatoms. The molecule has 0 aromatic heterocycles. The molecule has 0 saturated carbocycles. The molecule has 1 unspecified atom stereocenters. The standard InChI is InChI=1S/C10H7F4N5O3S.CH4O2S2/c11-4-3(9(20)18-16-2(1-23)10(21)22)5(12)7(14)8(6(4)13)17-19-15;1-5(2,3)4/h2,16,23H,1H2,(H,18,20)(H,21,22);1H3,(H,2,3,4)/t2-;/m0./s1. The van der Waals surface area contributed by atoms with Crippen LogP contribution in [0.5, 0.6) is 0 Å². The number of hydrazine groups is 1. The predicted molar refractivity (Wildman–Crippen MR) is 95.0 cm³/mol. The second-order valence-electron chi connectivity index (χ2n) is 4.57. The zero-order valence-corrected chi connectivity index (χ0v) is 16.0. The highest BCUT2D eigenvalue weighted by molar-refractivity contribution is 8.29. The summed E-state index contributed by atoms with van der Waals surface area (Å²) in [6, 6.07) is -1.43. The lowest BCUT2D eigenvalue weighted by atomic mass is 10.1. The zero-order chi connectivity index (χ0) is 22.2. The summed E-state index contributed by atoms with van der Waals surface area (Å²) < 4.78 is 71.7. The van der Waals surface area contributed by atoms with Gasteiger partial charge in [-0.25, -0.2) is 27.2 Å². The summed E-state index contributed by atoms with van der Waals surface area (Å²) in [4.78, 5) is 24.3. The van der Waals surface area contributed by atoms with Crippen LogP contribution in [0.25, 0.3) is 10.4 Å². The number of hydrogen-bond acceptors (Lipinski definition) is 7. The first-order valence-corrected chi connectivity index (χ1v) is 9.97. The third kappa shape index (κ3) is 7.83. The van der Waals surface area contributed by atoms with E-state index in [0.717, 1.165) is 6.26 Å². The minimum absolute atomic E-state index is 0.306. The van der Waals surface area contributed by atoms with Crippen LogP contribution >= 0.6 is 12.6 Å². The highest BCUT2D eigenvalue weighted by Gasteiger charge is 2.29. The maximum atomic E-state index is 13.7. The van der Waals surface area contributed by atoms with Gasteiger partial charge in [0.05, 0.1) is 0 Å². The van der Waals surface area contributed by atoms with Gasteiger partial charge in [-0.1, -0.05) is 5.11 Å². The SMILES string of the molecule is CS(=O)(O)=S.[N-]=[N+]=Nc1c(F)c(F)c(C(=O)NN[C@@H](CS)C(=O)O)c(F)c1F. The second kappa shape index (κ2) is 11.0. The molecule has 0 aliphatic rings. The van der Waals surface area contributed by atoms with Gasteiger partial charge >= 0.3 is 5.97 Å². The van der Waals surface area contributed by atoms with Crippen LogP contribution in [0.2, 0.25) is 0 Å². The Morgan fingerprint density at radius 3 is 2.04 bits per heavy atom. The van der Waals surface area contributed by atoms with E-state index >= 15 is 0 Å². The highest BCUT2D eigenvalue weighted by atomic mass is 32.8. The molecule has 1 rings (SSSR count). The second-order valence-corrected chi connectivity index (χ2v) is 8.26. The Balaban J connectivity index is 0.00000129. The first-order valence-electron chi connectivity index (χ1n) is 6.49. The fourth-order valence-corrected chi connectivity index (χ4v) is 1.60. The molecular formula is C11H11F4N5O5S3. The molecular weight excluding hydrogens is 454 g/mol. The number of thiol groups is 1. The van der Waals surface area contributed by atoms with Crippen molar-refractivity contribution < 1.29 is 41.0 Å². The normalized spacial score (nSPS) is 13.2. The molecule has 0 aliphatic carbocycles. The van der Waals surface area contributed by atoms with Gasteiger partial charge in [0.25, 0.3) is 5.91 Å². The Bertz CT molecular complexity index is 887. The van der Waals surface area contributed by atoms with Crippen molar-refractivity contribution in [3.8, 4) is 0 Å². The van der Waals surface area contributed by atoms with Crippen LogP contribution in [-0.2, 0) is 24.8 Å². The van der Waals surface area contributed by atoms with Crippen molar-refractivity contribution in [3.05, 3.63) is 39.3 Å². The molecule has 0 spiro atoms. The van der Waals surface area contributed by atoms with Gasteiger partial charge in [-0.15, -0.1) is 0 Å². The van der Waals surface area contributed by atoms with Crippen molar-refractivity contribution in [2.75, 3.05) is 12.0 Å². The summed E-state index contributed by atoms with van der Waals surface area (Å²) in [6.07, 6.45) is 1.09. The van der Waals surface area contributed by atoms with Crippen LogP contribution in [0.4, 0.5) is 23.2 Å². The fraction of sp³-hybridized carbons (Fsp3) is 0.273. The summed E-state index contributed by atoms with van der Waals surface area (Å²) >= 11 is 7.56. The van der Waals surface area contributed by atoms with E-state index in [9.17, 15) is 31.4 Å². The maximum absolute atomic E-state index is 13.7. The Labute approximate surface area is 164 Å². The van der Waals surface area contributed by atoms with Gasteiger partial charge in [0, 0.05) is 28.1 Å². The first-order chi connectivity index (χ1) is 12.8. The summed E-state index contributed by atoms with van der Waals surface area (Å²) in [5.41, 5.74) is 8.29. The molecule has 0 bridgehead atoms. The number of nitrogens with zero attached hydrogens (tertiary/aromatic N) is 3. The highest BCUT2D eigenvalue weighted by Crippen LogP contribution is 2.30. The monoisotopic (exact) mass is 465 g/mol. The Morgan fingerprint density at radius 1 is 1.29 bits per heavy atom. The predicted octanol–water partition coefficient (Wildman–Crippen LogP) is 1.64. The molecule has 156 valence electrons. The van der Waals surface area contributed by atoms with E-state index < -0.39 is 61.2 Å². The summed E-state index contributed by atoms with van der Waals surface area (Å²) in [7, 11) is -2.83. The summed E-state index contributed by atoms with van der Waals surface area (Å²) in [6.45, 7) is 0. The average Bonchev–Trinajstić information content (AvgIpc) is 2.56. The topological polar surface area (TPSA) is 164 Å². The lowest BCUT2D eigenvalue weighted by Crippen LogP contribution is -2.49. The number of hydrogen-bond donors (Lipinski definition) is 5. The van der Waals surface area contributed by atoms with Gasteiger partial charge in [-0.05, 0) is 5.53 Å². The van der Waals surface area contributed by atoms with E-state index in [4.69, 9.17) is 15.2 Å². The van der Waals surface area contributed by atoms with Crippen molar-refractivity contribution in [2.45, 2.75) is 6.04 Å². The van der Waals surface area contributed by atoms with E-state index in [2.05, 4.69) is 28.9 Å². The van der Waals surface area contributed by atoms with E-state index in [1.54, 1.807) is 5.43 Å². The number of nitrogens with one attached hydrogen (secondary N) is 2. The van der Waals surface area contributed by atoms with Crippen LogP contribution < -0.4 is 10.9 Å². The molecule has 0 aliphatic heterocycles. The molecule has 0 fully saturated rings. The average molecular weight is 465 g/mol. The van der Waals surface area contributed by atoms with E-state index in [-0.39, 0.29) is 5.75 Å². The number of amides is 1. The third-order valence-corrected chi connectivity index (χ3v) is 2.82. The van der Waals surface area contributed by atoms with Crippen molar-refractivity contribution in [1.29, 1.82) is 0 Å². The minimum atomic E-state index is -2.83. The van der Waals surface area contributed by atoms with Gasteiger partial charge < -0.3 is 9.66 Å². The van der Waals surface area contributed by atoms with Crippen molar-refractivity contribution in [3.63, 3.8) is 0 Å². The number of halogens is 4. The van der Waals surface area contributed by atoms with Crippen LogP contribution in [0.15, 0.2) is 5.11 Å². The van der Waals surface area contributed by atoms with Crippen molar-refractivity contribution in [2.24, 2.45) is 5.11 Å². The molecule has 10 nitrogen and oxygen atoms in total. The van der Waals surface area contributed by atoms with E-state index in [1.807, 2.05) is 10.3 Å². The first kappa shape index (κ1) is 25.8. The molecule has 4 N–H and O–H groups in total. The number of carbonyl (C=O) groups is 2. The van der Waals surface area contributed by atoms with Crippen molar-refractivity contribution in [1.82, 2.24) is 10.9 Å². The Kier molecular flexibility index (Phi) is 10.1. The van der Waals surface area contributed by atoms with Crippen LogP contribution in [-0.4, -0.2) is 43.8 Å². The Morgan fingerprint density at radius 2 is 1.71 bits per heavy atom. The Hall–Kier alpha value is -2.17. The van der Waals surface area contributed by atoms with Crippen LogP contribution in [0.1, 0.15) is 10.4 Å². The van der Waals surface area contributed by atoms with Gasteiger partial charge in [0.1, 0.15) is 26.1 Å². The largest absolute Gasteiger partial charge is 0.480 e. The van der Waals surface area contributed by atoms with Crippen LogP contribution in [0.3, 0.4) is 0 Å². The molecule has 2 atom stereocenters. The number of rotatable bonds is 6. The number of aliphatic carboxylic acids is 1. The van der Waals surface area contributed by atoms with Crippen LogP contribution in [0, 0.1) is 23.3 Å². The summed E-state index contributed by atoms with van der Waals surface area (Å²) in [5, 5.41) is 11.1. The molecule has 0 heterocycles. The smallest absolute Gasteiger partial charge is 0.323 e. The van der Waals surface area contributed by atoms with E-state index in [0.29, 0.717) is 0 Å². The molecule has 28 heavy (non-hydrogen) atoms. The third-order valence-electron chi connectivity index (χ3n) is 2.45. The molecule has 1 amide bonds. The molecule has 0 radical (unpaired) electrons. The number of benzene rings is 1. The molecule has 1 aromatic carbocycles. The molecule has 0 saturated heterocycles. The van der Waals surface area contributed by atoms with Gasteiger partial charge in [-0.2, -0.15) is 12.6 Å². The summed E-state index contributed by atoms with van der Waals surface area (Å²) in [5.74, 6) is -11.8. The number of carboxylic acid groups (broad SMARTS) is 1. The van der Waals surface area contributed by atoms with E-state index in [1.165, 1.54) is 0 Å². The van der Waals surface area contributed by atoms with Gasteiger partial charge in [0.15, 0.2) is 23.3 Å². The lowest BCUT2D eigenvalue weighted by Gasteiger charge is -2.14. The molecule has 1 aromatic rings. The fourth-order valence-electron chi connectivity index (χ4n) is 1.35. The van der Waals surface area contributed by atoms with Gasteiger partial charge in [0.2, 0.25) is 0 Å². The number of carbonyl (C=O) groups excluding carboxylic acids is 1. The zero-order valence-electron chi connectivity index (χ0n) is 13.5. The van der Waals surface area contributed by atoms with Gasteiger partial charge in [-0.3, -0.25) is 15.0 Å².